The fourth-order valence-electron chi connectivity index (χ4n) is 2.02. The van der Waals surface area contributed by atoms with E-state index in [4.69, 9.17) is 0 Å². The highest BCUT2D eigenvalue weighted by Gasteiger charge is 2.21. The Hall–Kier alpha value is -1.35. The molecule has 0 bridgehead atoms. The third kappa shape index (κ3) is 2.61. The zero-order valence-electron chi connectivity index (χ0n) is 9.62. The molecule has 1 aliphatic heterocycles. The minimum Gasteiger partial charge on any atom is -0.351 e. The van der Waals surface area contributed by atoms with E-state index in [1.807, 2.05) is 12.1 Å². The highest BCUT2D eigenvalue weighted by molar-refractivity contribution is 5.82. The number of carbonyl (C=O) groups is 1. The lowest BCUT2D eigenvalue weighted by atomic mass is 10.1. The summed E-state index contributed by atoms with van der Waals surface area (Å²) in [5, 5.41) is 6.18. The van der Waals surface area contributed by atoms with Gasteiger partial charge in [0.05, 0.1) is 6.04 Å². The van der Waals surface area contributed by atoms with Crippen molar-refractivity contribution < 1.29 is 4.79 Å². The molecule has 2 N–H and O–H groups in total. The van der Waals surface area contributed by atoms with E-state index in [1.54, 1.807) is 0 Å². The Balaban J connectivity index is 1.87. The number of hydrogen-bond donors (Lipinski definition) is 2. The first-order valence-electron chi connectivity index (χ1n) is 5.83. The molecule has 3 nitrogen and oxygen atoms in total. The SMILES string of the molecule is Cc1ccccc1CNC(=O)[C@H]1CCCN1. The maximum Gasteiger partial charge on any atom is 0.237 e. The number of benzene rings is 1. The number of amides is 1. The van der Waals surface area contributed by atoms with Crippen molar-refractivity contribution in [2.45, 2.75) is 32.4 Å². The summed E-state index contributed by atoms with van der Waals surface area (Å²) in [6.07, 6.45) is 2.06. The molecule has 1 atom stereocenters. The van der Waals surface area contributed by atoms with E-state index in [0.717, 1.165) is 19.4 Å². The molecule has 0 radical (unpaired) electrons. The van der Waals surface area contributed by atoms with Gasteiger partial charge in [-0.3, -0.25) is 4.79 Å². The second-order valence-corrected chi connectivity index (χ2v) is 4.29. The molecule has 0 saturated carbocycles. The molecule has 1 saturated heterocycles. The van der Waals surface area contributed by atoms with Crippen LogP contribution in [0.2, 0.25) is 0 Å². The molecule has 0 aromatic heterocycles. The number of carbonyl (C=O) groups excluding carboxylic acids is 1. The van der Waals surface area contributed by atoms with Crippen molar-refractivity contribution in [3.63, 3.8) is 0 Å². The fraction of sp³-hybridized carbons (Fsp3) is 0.462. The van der Waals surface area contributed by atoms with Crippen LogP contribution in [0.25, 0.3) is 0 Å². The van der Waals surface area contributed by atoms with Crippen LogP contribution in [-0.4, -0.2) is 18.5 Å². The molecule has 0 aliphatic carbocycles. The monoisotopic (exact) mass is 218 g/mol. The van der Waals surface area contributed by atoms with E-state index in [9.17, 15) is 4.79 Å². The molecule has 1 aliphatic rings. The Morgan fingerprint density at radius 1 is 1.50 bits per heavy atom. The summed E-state index contributed by atoms with van der Waals surface area (Å²) in [4.78, 5) is 11.8. The summed E-state index contributed by atoms with van der Waals surface area (Å²) in [5.41, 5.74) is 2.41. The van der Waals surface area contributed by atoms with Crippen molar-refractivity contribution in [2.24, 2.45) is 0 Å². The van der Waals surface area contributed by atoms with Crippen molar-refractivity contribution in [1.29, 1.82) is 0 Å². The van der Waals surface area contributed by atoms with Crippen molar-refractivity contribution in [2.75, 3.05) is 6.54 Å². The van der Waals surface area contributed by atoms with Crippen LogP contribution in [0, 0.1) is 6.92 Å². The van der Waals surface area contributed by atoms with E-state index in [-0.39, 0.29) is 11.9 Å². The molecule has 3 heteroatoms. The largest absolute Gasteiger partial charge is 0.351 e. The van der Waals surface area contributed by atoms with Gasteiger partial charge in [-0.15, -0.1) is 0 Å². The average molecular weight is 218 g/mol. The predicted octanol–water partition coefficient (Wildman–Crippen LogP) is 1.36. The third-order valence-corrected chi connectivity index (χ3v) is 3.09. The number of rotatable bonds is 3. The molecule has 16 heavy (non-hydrogen) atoms. The van der Waals surface area contributed by atoms with Gasteiger partial charge in [0.25, 0.3) is 0 Å². The Morgan fingerprint density at radius 3 is 3.00 bits per heavy atom. The van der Waals surface area contributed by atoms with Crippen molar-refractivity contribution in [3.05, 3.63) is 35.4 Å². The van der Waals surface area contributed by atoms with Gasteiger partial charge in [-0.05, 0) is 37.4 Å². The van der Waals surface area contributed by atoms with Gasteiger partial charge in [0.15, 0.2) is 0 Å². The third-order valence-electron chi connectivity index (χ3n) is 3.09. The summed E-state index contributed by atoms with van der Waals surface area (Å²) >= 11 is 0. The van der Waals surface area contributed by atoms with Crippen molar-refractivity contribution in [1.82, 2.24) is 10.6 Å². The molecule has 2 rings (SSSR count). The summed E-state index contributed by atoms with van der Waals surface area (Å²) in [6.45, 7) is 3.65. The Kier molecular flexibility index (Phi) is 3.57. The highest BCUT2D eigenvalue weighted by Crippen LogP contribution is 2.08. The second-order valence-electron chi connectivity index (χ2n) is 4.29. The molecular formula is C13H18N2O. The Morgan fingerprint density at radius 2 is 2.31 bits per heavy atom. The van der Waals surface area contributed by atoms with E-state index < -0.39 is 0 Å². The minimum atomic E-state index is 0.0176. The van der Waals surface area contributed by atoms with Crippen LogP contribution >= 0.6 is 0 Å². The first-order valence-corrected chi connectivity index (χ1v) is 5.83. The van der Waals surface area contributed by atoms with Gasteiger partial charge < -0.3 is 10.6 Å². The standard InChI is InChI=1S/C13H18N2O/c1-10-5-2-3-6-11(10)9-15-13(16)12-7-4-8-14-12/h2-3,5-6,12,14H,4,7-9H2,1H3,(H,15,16)/t12-/m1/s1. The first-order chi connectivity index (χ1) is 7.77. The maximum absolute atomic E-state index is 11.8. The zero-order valence-corrected chi connectivity index (χ0v) is 9.62. The van der Waals surface area contributed by atoms with Gasteiger partial charge in [0.2, 0.25) is 5.91 Å². The average Bonchev–Trinajstić information content (AvgIpc) is 2.81. The summed E-state index contributed by atoms with van der Waals surface area (Å²) in [6, 6.07) is 8.15. The minimum absolute atomic E-state index is 0.0176. The van der Waals surface area contributed by atoms with Crippen LogP contribution in [0.5, 0.6) is 0 Å². The fourth-order valence-corrected chi connectivity index (χ4v) is 2.02. The van der Waals surface area contributed by atoms with Gasteiger partial charge >= 0.3 is 0 Å². The molecule has 86 valence electrons. The normalized spacial score (nSPS) is 19.7. The van der Waals surface area contributed by atoms with Gasteiger partial charge in [0.1, 0.15) is 0 Å². The van der Waals surface area contributed by atoms with Gasteiger partial charge in [-0.1, -0.05) is 24.3 Å². The molecule has 1 aromatic rings. The highest BCUT2D eigenvalue weighted by atomic mass is 16.2. The first kappa shape index (κ1) is 11.1. The Bertz CT molecular complexity index is 370. The molecule has 1 fully saturated rings. The topological polar surface area (TPSA) is 41.1 Å². The lowest BCUT2D eigenvalue weighted by Crippen LogP contribution is -2.40. The Labute approximate surface area is 96.2 Å². The van der Waals surface area contributed by atoms with Gasteiger partial charge in [-0.2, -0.15) is 0 Å². The lowest BCUT2D eigenvalue weighted by Gasteiger charge is -2.12. The van der Waals surface area contributed by atoms with Crippen LogP contribution in [0.3, 0.4) is 0 Å². The second kappa shape index (κ2) is 5.12. The number of hydrogen-bond acceptors (Lipinski definition) is 2. The van der Waals surface area contributed by atoms with E-state index in [1.165, 1.54) is 11.1 Å². The summed E-state index contributed by atoms with van der Waals surface area (Å²) in [7, 11) is 0. The molecule has 0 unspecified atom stereocenters. The predicted molar refractivity (Wildman–Crippen MR) is 64.1 cm³/mol. The molecule has 1 amide bonds. The van der Waals surface area contributed by atoms with Crippen LogP contribution in [0.15, 0.2) is 24.3 Å². The van der Waals surface area contributed by atoms with Crippen LogP contribution in [-0.2, 0) is 11.3 Å². The maximum atomic E-state index is 11.8. The smallest absolute Gasteiger partial charge is 0.237 e. The summed E-state index contributed by atoms with van der Waals surface area (Å²) < 4.78 is 0. The number of aryl methyl sites for hydroxylation is 1. The number of nitrogens with one attached hydrogen (secondary N) is 2. The zero-order chi connectivity index (χ0) is 11.4. The van der Waals surface area contributed by atoms with E-state index >= 15 is 0 Å². The lowest BCUT2D eigenvalue weighted by molar-refractivity contribution is -0.122. The van der Waals surface area contributed by atoms with Crippen LogP contribution in [0.4, 0.5) is 0 Å². The van der Waals surface area contributed by atoms with Gasteiger partial charge in [0, 0.05) is 6.54 Å². The molecular weight excluding hydrogens is 200 g/mol. The van der Waals surface area contributed by atoms with Crippen molar-refractivity contribution >= 4 is 5.91 Å². The van der Waals surface area contributed by atoms with Crippen molar-refractivity contribution in [3.8, 4) is 0 Å². The van der Waals surface area contributed by atoms with Gasteiger partial charge in [-0.25, -0.2) is 0 Å². The summed E-state index contributed by atoms with van der Waals surface area (Å²) in [5.74, 6) is 0.126. The van der Waals surface area contributed by atoms with Crippen LogP contribution < -0.4 is 10.6 Å². The molecule has 1 aromatic carbocycles. The van der Waals surface area contributed by atoms with E-state index in [0.29, 0.717) is 6.54 Å². The quantitative estimate of drug-likeness (QED) is 0.804. The van der Waals surface area contributed by atoms with Crippen LogP contribution in [0.1, 0.15) is 24.0 Å². The molecule has 0 spiro atoms. The molecule has 1 heterocycles. The van der Waals surface area contributed by atoms with E-state index in [2.05, 4.69) is 29.7 Å².